The van der Waals surface area contributed by atoms with E-state index < -0.39 is 28.5 Å². The van der Waals surface area contributed by atoms with Crippen molar-refractivity contribution < 1.29 is 22.7 Å². The molecule has 1 N–H and O–H groups in total. The number of amides is 2. The highest BCUT2D eigenvalue weighted by Gasteiger charge is 2.34. The summed E-state index contributed by atoms with van der Waals surface area (Å²) in [6, 6.07) is 16.9. The predicted molar refractivity (Wildman–Crippen MR) is 168 cm³/mol. The standard InChI is InChI=1S/C31H37Cl2N3O5S/c1-6-22(4)34-31(38)23(5)35(19-25-26(32)11-10-12-27(25)33)30(37)20-36(28-13-8-9-14-29(28)41-7-2)42(39,40)24-17-15-21(3)16-18-24/h8-18,22-23H,6-7,19-20H2,1-5H3,(H,34,38). The first-order chi connectivity index (χ1) is 19.9. The number of carbonyl (C=O) groups excluding carboxylic acids is 2. The average Bonchev–Trinajstić information content (AvgIpc) is 2.96. The van der Waals surface area contributed by atoms with E-state index in [0.29, 0.717) is 27.8 Å². The quantitative estimate of drug-likeness (QED) is 0.241. The van der Waals surface area contributed by atoms with Gasteiger partial charge in [0.2, 0.25) is 11.8 Å². The molecule has 0 saturated carbocycles. The van der Waals surface area contributed by atoms with E-state index in [9.17, 15) is 18.0 Å². The lowest BCUT2D eigenvalue weighted by Gasteiger charge is -2.33. The van der Waals surface area contributed by atoms with Crippen molar-refractivity contribution in [2.75, 3.05) is 17.5 Å². The Labute approximate surface area is 258 Å². The van der Waals surface area contributed by atoms with Gasteiger partial charge in [-0.15, -0.1) is 0 Å². The van der Waals surface area contributed by atoms with Gasteiger partial charge in [-0.05, 0) is 70.5 Å². The Hall–Kier alpha value is -3.27. The maximum atomic E-state index is 14.2. The third kappa shape index (κ3) is 7.96. The molecule has 2 amide bonds. The van der Waals surface area contributed by atoms with Gasteiger partial charge in [-0.1, -0.05) is 66.0 Å². The summed E-state index contributed by atoms with van der Waals surface area (Å²) < 4.78 is 35.0. The number of halogens is 2. The van der Waals surface area contributed by atoms with Crippen LogP contribution in [0, 0.1) is 6.92 Å². The summed E-state index contributed by atoms with van der Waals surface area (Å²) in [6.45, 7) is 8.59. The summed E-state index contributed by atoms with van der Waals surface area (Å²) >= 11 is 12.9. The van der Waals surface area contributed by atoms with E-state index >= 15 is 0 Å². The van der Waals surface area contributed by atoms with Crippen LogP contribution in [0.3, 0.4) is 0 Å². The second kappa shape index (κ2) is 14.8. The number of para-hydroxylation sites is 2. The van der Waals surface area contributed by atoms with Crippen molar-refractivity contribution in [2.45, 2.75) is 64.6 Å². The molecule has 3 aromatic rings. The van der Waals surface area contributed by atoms with Gasteiger partial charge in [0.15, 0.2) is 0 Å². The zero-order valence-electron chi connectivity index (χ0n) is 24.4. The van der Waals surface area contributed by atoms with Crippen LogP contribution < -0.4 is 14.4 Å². The van der Waals surface area contributed by atoms with Gasteiger partial charge in [0.05, 0.1) is 17.2 Å². The van der Waals surface area contributed by atoms with Gasteiger partial charge in [0.1, 0.15) is 18.3 Å². The molecule has 11 heteroatoms. The Balaban J connectivity index is 2.12. The fraction of sp³-hybridized carbons (Fsp3) is 0.355. The van der Waals surface area contributed by atoms with Crippen molar-refractivity contribution in [3.63, 3.8) is 0 Å². The summed E-state index contributed by atoms with van der Waals surface area (Å²) in [5, 5.41) is 3.54. The zero-order valence-corrected chi connectivity index (χ0v) is 26.8. The lowest BCUT2D eigenvalue weighted by molar-refractivity contribution is -0.139. The molecule has 2 unspecified atom stereocenters. The molecule has 0 aliphatic carbocycles. The number of anilines is 1. The molecule has 3 rings (SSSR count). The molecule has 0 fully saturated rings. The number of nitrogens with one attached hydrogen (secondary N) is 1. The highest BCUT2D eigenvalue weighted by Crippen LogP contribution is 2.33. The summed E-state index contributed by atoms with van der Waals surface area (Å²) in [6.07, 6.45) is 0.694. The predicted octanol–water partition coefficient (Wildman–Crippen LogP) is 6.23. The van der Waals surface area contributed by atoms with Crippen LogP contribution in [0.4, 0.5) is 5.69 Å². The first-order valence-electron chi connectivity index (χ1n) is 13.7. The highest BCUT2D eigenvalue weighted by molar-refractivity contribution is 7.92. The summed E-state index contributed by atoms with van der Waals surface area (Å²) in [7, 11) is -4.25. The lowest BCUT2D eigenvalue weighted by Crippen LogP contribution is -2.52. The molecule has 8 nitrogen and oxygen atoms in total. The fourth-order valence-corrected chi connectivity index (χ4v) is 6.14. The molecule has 0 radical (unpaired) electrons. The van der Waals surface area contributed by atoms with Crippen LogP contribution in [0.25, 0.3) is 0 Å². The van der Waals surface area contributed by atoms with Gasteiger partial charge < -0.3 is 15.0 Å². The van der Waals surface area contributed by atoms with Gasteiger partial charge in [0, 0.05) is 28.2 Å². The molecule has 3 aromatic carbocycles. The van der Waals surface area contributed by atoms with Crippen LogP contribution >= 0.6 is 23.2 Å². The van der Waals surface area contributed by atoms with Crippen molar-refractivity contribution in [3.05, 3.63) is 87.9 Å². The van der Waals surface area contributed by atoms with Crippen molar-refractivity contribution in [1.82, 2.24) is 10.2 Å². The van der Waals surface area contributed by atoms with Crippen LogP contribution in [0.5, 0.6) is 5.75 Å². The van der Waals surface area contributed by atoms with Crippen molar-refractivity contribution in [3.8, 4) is 5.75 Å². The number of hydrogen-bond acceptors (Lipinski definition) is 5. The summed E-state index contributed by atoms with van der Waals surface area (Å²) in [5.74, 6) is -0.713. The molecule has 0 spiro atoms. The molecule has 0 saturated heterocycles. The number of ether oxygens (including phenoxy) is 1. The van der Waals surface area contributed by atoms with E-state index in [1.807, 2.05) is 20.8 Å². The second-order valence-corrected chi connectivity index (χ2v) is 12.6. The van der Waals surface area contributed by atoms with E-state index in [0.717, 1.165) is 9.87 Å². The number of sulfonamides is 1. The normalized spacial score (nSPS) is 12.7. The van der Waals surface area contributed by atoms with E-state index in [1.54, 1.807) is 68.4 Å². The maximum Gasteiger partial charge on any atom is 0.264 e. The number of rotatable bonds is 13. The second-order valence-electron chi connectivity index (χ2n) is 9.94. The molecule has 0 aliphatic rings. The monoisotopic (exact) mass is 633 g/mol. The minimum Gasteiger partial charge on any atom is -0.492 e. The number of hydrogen-bond donors (Lipinski definition) is 1. The molecule has 2 atom stereocenters. The number of carbonyl (C=O) groups is 2. The Kier molecular flexibility index (Phi) is 11.7. The summed E-state index contributed by atoms with van der Waals surface area (Å²) in [4.78, 5) is 28.7. The van der Waals surface area contributed by atoms with Crippen molar-refractivity contribution in [1.29, 1.82) is 0 Å². The summed E-state index contributed by atoms with van der Waals surface area (Å²) in [5.41, 5.74) is 1.52. The van der Waals surface area contributed by atoms with Gasteiger partial charge in [-0.3, -0.25) is 13.9 Å². The Bertz CT molecular complexity index is 1480. The average molecular weight is 635 g/mol. The van der Waals surface area contributed by atoms with Crippen molar-refractivity contribution in [2.24, 2.45) is 0 Å². The molecule has 42 heavy (non-hydrogen) atoms. The highest BCUT2D eigenvalue weighted by atomic mass is 35.5. The first kappa shape index (κ1) is 33.2. The topological polar surface area (TPSA) is 96.0 Å². The SMILES string of the molecule is CCOc1ccccc1N(CC(=O)N(Cc1c(Cl)cccc1Cl)C(C)C(=O)NC(C)CC)S(=O)(=O)c1ccc(C)cc1. The number of nitrogens with zero attached hydrogens (tertiary/aromatic N) is 2. The minimum absolute atomic E-state index is 0.00969. The molecular formula is C31H37Cl2N3O5S. The molecular weight excluding hydrogens is 597 g/mol. The third-order valence-corrected chi connectivity index (χ3v) is 9.36. The zero-order chi connectivity index (χ0) is 31.0. The Morgan fingerprint density at radius 3 is 2.14 bits per heavy atom. The van der Waals surface area contributed by atoms with E-state index in [2.05, 4.69) is 5.32 Å². The fourth-order valence-electron chi connectivity index (χ4n) is 4.19. The van der Waals surface area contributed by atoms with Crippen LogP contribution in [0.1, 0.15) is 45.2 Å². The van der Waals surface area contributed by atoms with E-state index in [1.165, 1.54) is 17.0 Å². The lowest BCUT2D eigenvalue weighted by atomic mass is 10.1. The van der Waals surface area contributed by atoms with Gasteiger partial charge in [-0.2, -0.15) is 0 Å². The van der Waals surface area contributed by atoms with E-state index in [-0.39, 0.29) is 35.7 Å². The molecule has 226 valence electrons. The minimum atomic E-state index is -4.25. The van der Waals surface area contributed by atoms with Gasteiger partial charge >= 0.3 is 0 Å². The molecule has 0 aromatic heterocycles. The van der Waals surface area contributed by atoms with Crippen LogP contribution in [-0.2, 0) is 26.2 Å². The number of aryl methyl sites for hydroxylation is 1. The number of benzene rings is 3. The van der Waals surface area contributed by atoms with E-state index in [4.69, 9.17) is 27.9 Å². The Morgan fingerprint density at radius 1 is 0.929 bits per heavy atom. The van der Waals surface area contributed by atoms with Crippen LogP contribution in [-0.4, -0.2) is 50.4 Å². The molecule has 0 aliphatic heterocycles. The van der Waals surface area contributed by atoms with Crippen LogP contribution in [0.15, 0.2) is 71.6 Å². The van der Waals surface area contributed by atoms with Crippen LogP contribution in [0.2, 0.25) is 10.0 Å². The molecule has 0 heterocycles. The molecule has 0 bridgehead atoms. The maximum absolute atomic E-state index is 14.2. The van der Waals surface area contributed by atoms with Gasteiger partial charge in [0.25, 0.3) is 10.0 Å². The smallest absolute Gasteiger partial charge is 0.264 e. The first-order valence-corrected chi connectivity index (χ1v) is 15.9. The van der Waals surface area contributed by atoms with Crippen molar-refractivity contribution >= 4 is 50.7 Å². The third-order valence-electron chi connectivity index (χ3n) is 6.88. The Morgan fingerprint density at radius 2 is 1.55 bits per heavy atom. The van der Waals surface area contributed by atoms with Gasteiger partial charge in [-0.25, -0.2) is 8.42 Å². The largest absolute Gasteiger partial charge is 0.492 e.